The van der Waals surface area contributed by atoms with E-state index in [1.54, 1.807) is 0 Å². The van der Waals surface area contributed by atoms with E-state index in [4.69, 9.17) is 0 Å². The Morgan fingerprint density at radius 3 is 2.36 bits per heavy atom. The van der Waals surface area contributed by atoms with Gasteiger partial charge in [-0.3, -0.25) is 23.6 Å². The van der Waals surface area contributed by atoms with Crippen LogP contribution in [0.3, 0.4) is 0 Å². The summed E-state index contributed by atoms with van der Waals surface area (Å²) >= 11 is 0. The lowest BCUT2D eigenvalue weighted by molar-refractivity contribution is -0.133. The number of imide groups is 1. The maximum atomic E-state index is 12.9. The van der Waals surface area contributed by atoms with Gasteiger partial charge in [0, 0.05) is 25.9 Å². The molecule has 0 aromatic carbocycles. The van der Waals surface area contributed by atoms with E-state index in [9.17, 15) is 19.2 Å². The Bertz CT molecular complexity index is 830. The normalized spacial score (nSPS) is 26.4. The number of aromatic nitrogens is 2. The lowest BCUT2D eigenvalue weighted by Gasteiger charge is -2.34. The van der Waals surface area contributed by atoms with E-state index in [0.29, 0.717) is 24.5 Å². The van der Waals surface area contributed by atoms with Gasteiger partial charge in [0.15, 0.2) is 0 Å². The molecule has 25 heavy (non-hydrogen) atoms. The lowest BCUT2D eigenvalue weighted by atomic mass is 9.75. The first-order chi connectivity index (χ1) is 11.8. The molecule has 1 aliphatic heterocycles. The zero-order chi connectivity index (χ0) is 18.4. The van der Waals surface area contributed by atoms with Crippen LogP contribution in [0.2, 0.25) is 0 Å². The van der Waals surface area contributed by atoms with Crippen LogP contribution in [0, 0.1) is 5.92 Å². The fourth-order valence-electron chi connectivity index (χ4n) is 3.83. The third kappa shape index (κ3) is 2.79. The molecule has 0 atom stereocenters. The fraction of sp³-hybridized carbons (Fsp3) is 0.647. The van der Waals surface area contributed by atoms with Crippen LogP contribution in [0.5, 0.6) is 0 Å². The number of carbonyl (C=O) groups is 2. The van der Waals surface area contributed by atoms with E-state index < -0.39 is 22.8 Å². The van der Waals surface area contributed by atoms with E-state index in [0.717, 1.165) is 28.7 Å². The third-order valence-electron chi connectivity index (χ3n) is 5.73. The molecule has 8 nitrogen and oxygen atoms in total. The van der Waals surface area contributed by atoms with Crippen molar-refractivity contribution in [3.05, 3.63) is 32.6 Å². The molecule has 1 spiro atoms. The van der Waals surface area contributed by atoms with Gasteiger partial charge in [-0.15, -0.1) is 0 Å². The molecule has 0 bridgehead atoms. The first-order valence-electron chi connectivity index (χ1n) is 8.69. The topological polar surface area (TPSA) is 93.4 Å². The summed E-state index contributed by atoms with van der Waals surface area (Å²) in [4.78, 5) is 50.3. The Hall–Kier alpha value is -2.38. The van der Waals surface area contributed by atoms with Crippen molar-refractivity contribution >= 4 is 11.9 Å². The summed E-state index contributed by atoms with van der Waals surface area (Å²) in [5.74, 6) is 0.350. The van der Waals surface area contributed by atoms with E-state index >= 15 is 0 Å². The minimum absolute atomic E-state index is 0.0779. The van der Waals surface area contributed by atoms with E-state index in [1.807, 2.05) is 0 Å². The highest BCUT2D eigenvalue weighted by Crippen LogP contribution is 2.37. The Kier molecular flexibility index (Phi) is 4.30. The summed E-state index contributed by atoms with van der Waals surface area (Å²) in [6, 6.07) is 0.842. The largest absolute Gasteiger partial charge is 0.330 e. The quantitative estimate of drug-likeness (QED) is 0.804. The number of hydrogen-bond acceptors (Lipinski definition) is 4. The van der Waals surface area contributed by atoms with Crippen LogP contribution in [0.15, 0.2) is 15.7 Å². The standard InChI is InChI=1S/C17H24N4O4/c1-4-11-5-7-17(8-6-11)14(23)21(15(24)18-17)10-12-9-13(22)20(3)16(25)19(12)2/h9,11H,4-8,10H2,1-3H3,(H,18,24). The summed E-state index contributed by atoms with van der Waals surface area (Å²) < 4.78 is 2.28. The van der Waals surface area contributed by atoms with Gasteiger partial charge in [-0.05, 0) is 31.6 Å². The van der Waals surface area contributed by atoms with Crippen molar-refractivity contribution in [3.8, 4) is 0 Å². The maximum absolute atomic E-state index is 12.9. The number of nitrogens with one attached hydrogen (secondary N) is 1. The second kappa shape index (κ2) is 6.16. The summed E-state index contributed by atoms with van der Waals surface area (Å²) in [6.45, 7) is 2.06. The molecule has 0 radical (unpaired) electrons. The van der Waals surface area contributed by atoms with Gasteiger partial charge in [-0.25, -0.2) is 9.59 Å². The van der Waals surface area contributed by atoms with E-state index in [-0.39, 0.29) is 12.5 Å². The molecule has 1 aromatic rings. The molecule has 1 aromatic heterocycles. The Balaban J connectivity index is 1.85. The van der Waals surface area contributed by atoms with Crippen LogP contribution < -0.4 is 16.6 Å². The van der Waals surface area contributed by atoms with Gasteiger partial charge < -0.3 is 5.32 Å². The summed E-state index contributed by atoms with van der Waals surface area (Å²) in [6.07, 6.45) is 4.20. The average molecular weight is 348 g/mol. The van der Waals surface area contributed by atoms with E-state index in [2.05, 4.69) is 12.2 Å². The van der Waals surface area contributed by atoms with Gasteiger partial charge in [0.2, 0.25) is 0 Å². The first-order valence-corrected chi connectivity index (χ1v) is 8.69. The maximum Gasteiger partial charge on any atom is 0.330 e. The Labute approximate surface area is 145 Å². The van der Waals surface area contributed by atoms with Crippen LogP contribution >= 0.6 is 0 Å². The van der Waals surface area contributed by atoms with Gasteiger partial charge in [0.1, 0.15) is 5.54 Å². The highest BCUT2D eigenvalue weighted by Gasteiger charge is 2.52. The van der Waals surface area contributed by atoms with Crippen LogP contribution in [-0.4, -0.2) is 31.5 Å². The number of hydrogen-bond donors (Lipinski definition) is 1. The number of amides is 3. The zero-order valence-corrected chi connectivity index (χ0v) is 14.9. The fourth-order valence-corrected chi connectivity index (χ4v) is 3.83. The van der Waals surface area contributed by atoms with Crippen molar-refractivity contribution in [3.63, 3.8) is 0 Å². The minimum Gasteiger partial charge on any atom is -0.323 e. The van der Waals surface area contributed by atoms with Gasteiger partial charge in [-0.1, -0.05) is 13.3 Å². The van der Waals surface area contributed by atoms with Crippen LogP contribution in [-0.2, 0) is 25.4 Å². The molecule has 3 amide bonds. The molecule has 136 valence electrons. The average Bonchev–Trinajstić information content (AvgIpc) is 2.82. The molecule has 1 saturated carbocycles. The number of rotatable bonds is 3. The smallest absolute Gasteiger partial charge is 0.323 e. The molecule has 2 fully saturated rings. The lowest BCUT2D eigenvalue weighted by Crippen LogP contribution is -2.49. The predicted octanol–water partition coefficient (Wildman–Crippen LogP) is 0.475. The SMILES string of the molecule is CCC1CCC2(CC1)NC(=O)N(Cc1cc(=O)n(C)c(=O)n1C)C2=O. The molecule has 3 rings (SSSR count). The number of nitrogens with zero attached hydrogens (tertiary/aromatic N) is 3. The summed E-state index contributed by atoms with van der Waals surface area (Å²) in [5.41, 5.74) is -1.41. The van der Waals surface area contributed by atoms with Crippen molar-refractivity contribution in [2.24, 2.45) is 20.0 Å². The third-order valence-corrected chi connectivity index (χ3v) is 5.73. The highest BCUT2D eigenvalue weighted by atomic mass is 16.2. The second-order valence-corrected chi connectivity index (χ2v) is 7.13. The number of urea groups is 1. The van der Waals surface area contributed by atoms with Crippen LogP contribution in [0.25, 0.3) is 0 Å². The molecule has 2 heterocycles. The van der Waals surface area contributed by atoms with Crippen LogP contribution in [0.1, 0.15) is 44.7 Å². The van der Waals surface area contributed by atoms with Gasteiger partial charge in [0.25, 0.3) is 11.5 Å². The molecule has 1 aliphatic carbocycles. The minimum atomic E-state index is -0.818. The van der Waals surface area contributed by atoms with E-state index in [1.165, 1.54) is 24.7 Å². The second-order valence-electron chi connectivity index (χ2n) is 7.13. The molecule has 0 unspecified atom stereocenters. The van der Waals surface area contributed by atoms with Gasteiger partial charge in [-0.2, -0.15) is 0 Å². The van der Waals surface area contributed by atoms with Gasteiger partial charge in [0.05, 0.1) is 6.54 Å². The molecule has 2 aliphatic rings. The van der Waals surface area contributed by atoms with Crippen LogP contribution in [0.4, 0.5) is 4.79 Å². The van der Waals surface area contributed by atoms with Crippen molar-refractivity contribution in [2.75, 3.05) is 0 Å². The highest BCUT2D eigenvalue weighted by molar-refractivity contribution is 6.07. The molecular weight excluding hydrogens is 324 g/mol. The zero-order valence-electron chi connectivity index (χ0n) is 14.9. The van der Waals surface area contributed by atoms with Crippen molar-refractivity contribution in [1.29, 1.82) is 0 Å². The molecule has 1 saturated heterocycles. The monoisotopic (exact) mass is 348 g/mol. The molecular formula is C17H24N4O4. The Morgan fingerprint density at radius 1 is 1.12 bits per heavy atom. The predicted molar refractivity (Wildman–Crippen MR) is 91.0 cm³/mol. The summed E-state index contributed by atoms with van der Waals surface area (Å²) in [7, 11) is 2.92. The molecule has 8 heteroatoms. The van der Waals surface area contributed by atoms with Crippen molar-refractivity contribution in [2.45, 2.75) is 51.1 Å². The number of carbonyl (C=O) groups excluding carboxylic acids is 2. The molecule has 1 N–H and O–H groups in total. The van der Waals surface area contributed by atoms with Gasteiger partial charge >= 0.3 is 11.7 Å². The van der Waals surface area contributed by atoms with Crippen molar-refractivity contribution in [1.82, 2.24) is 19.4 Å². The first kappa shape index (κ1) is 17.4. The summed E-state index contributed by atoms with van der Waals surface area (Å²) in [5, 5.41) is 2.86. The Morgan fingerprint density at radius 2 is 1.76 bits per heavy atom. The van der Waals surface area contributed by atoms with Crippen molar-refractivity contribution < 1.29 is 9.59 Å².